The molecular formula is C14H19N3O. The predicted molar refractivity (Wildman–Crippen MR) is 73.4 cm³/mol. The number of carbonyl (C=O) groups excluding carboxylic acids is 1. The Bertz CT molecular complexity index is 557. The number of aromatic amines is 1. The van der Waals surface area contributed by atoms with Gasteiger partial charge in [0.1, 0.15) is 0 Å². The predicted octanol–water partition coefficient (Wildman–Crippen LogP) is 1.48. The van der Waals surface area contributed by atoms with Crippen LogP contribution in [0.25, 0.3) is 10.9 Å². The highest BCUT2D eigenvalue weighted by molar-refractivity contribution is 5.89. The van der Waals surface area contributed by atoms with Gasteiger partial charge in [0.05, 0.1) is 6.42 Å². The third kappa shape index (κ3) is 2.90. The Morgan fingerprint density at radius 2 is 2.28 bits per heavy atom. The van der Waals surface area contributed by atoms with Gasteiger partial charge in [0, 0.05) is 29.7 Å². The summed E-state index contributed by atoms with van der Waals surface area (Å²) in [5, 5.41) is 3.93. The number of rotatable bonds is 4. The standard InChI is InChI=1S/C14H19N3O/c1-9-3-4-12-11(8-16-13(12)5-9)6-14(18)17-7-10(2)15/h3-5,8,10,16H,6-7,15H2,1-2H3,(H,17,18). The maximum absolute atomic E-state index is 11.7. The average molecular weight is 245 g/mol. The zero-order valence-electron chi connectivity index (χ0n) is 10.8. The normalized spacial score (nSPS) is 12.6. The molecule has 2 aromatic rings. The summed E-state index contributed by atoms with van der Waals surface area (Å²) >= 11 is 0. The molecule has 0 saturated carbocycles. The quantitative estimate of drug-likeness (QED) is 0.763. The molecule has 0 radical (unpaired) electrons. The molecule has 0 saturated heterocycles. The first-order valence-electron chi connectivity index (χ1n) is 6.15. The van der Waals surface area contributed by atoms with E-state index in [9.17, 15) is 4.79 Å². The van der Waals surface area contributed by atoms with Crippen LogP contribution >= 0.6 is 0 Å². The van der Waals surface area contributed by atoms with Gasteiger partial charge in [0.25, 0.3) is 0 Å². The minimum absolute atomic E-state index is 0.00813. The third-order valence-electron chi connectivity index (χ3n) is 2.90. The zero-order valence-corrected chi connectivity index (χ0v) is 10.8. The Kier molecular flexibility index (Phi) is 3.67. The highest BCUT2D eigenvalue weighted by Crippen LogP contribution is 2.19. The Labute approximate surface area is 107 Å². The molecule has 0 bridgehead atoms. The second-order valence-electron chi connectivity index (χ2n) is 4.82. The van der Waals surface area contributed by atoms with Crippen molar-refractivity contribution in [3.05, 3.63) is 35.5 Å². The summed E-state index contributed by atoms with van der Waals surface area (Å²) < 4.78 is 0. The van der Waals surface area contributed by atoms with E-state index in [1.165, 1.54) is 5.56 Å². The number of aromatic nitrogens is 1. The van der Waals surface area contributed by atoms with Crippen molar-refractivity contribution >= 4 is 16.8 Å². The fourth-order valence-corrected chi connectivity index (χ4v) is 1.96. The summed E-state index contributed by atoms with van der Waals surface area (Å²) in [5.41, 5.74) is 8.90. The molecule has 1 unspecified atom stereocenters. The highest BCUT2D eigenvalue weighted by Gasteiger charge is 2.09. The third-order valence-corrected chi connectivity index (χ3v) is 2.90. The van der Waals surface area contributed by atoms with E-state index >= 15 is 0 Å². The van der Waals surface area contributed by atoms with Gasteiger partial charge in [0.15, 0.2) is 0 Å². The first kappa shape index (κ1) is 12.6. The lowest BCUT2D eigenvalue weighted by atomic mass is 10.1. The van der Waals surface area contributed by atoms with Crippen LogP contribution in [0.5, 0.6) is 0 Å². The minimum atomic E-state index is -0.0143. The fourth-order valence-electron chi connectivity index (χ4n) is 1.96. The summed E-state index contributed by atoms with van der Waals surface area (Å²) in [7, 11) is 0. The van der Waals surface area contributed by atoms with Gasteiger partial charge in [-0.15, -0.1) is 0 Å². The van der Waals surface area contributed by atoms with E-state index in [0.29, 0.717) is 13.0 Å². The van der Waals surface area contributed by atoms with Crippen LogP contribution in [0.3, 0.4) is 0 Å². The summed E-state index contributed by atoms with van der Waals surface area (Å²) in [6.45, 7) is 4.43. The summed E-state index contributed by atoms with van der Waals surface area (Å²) in [4.78, 5) is 14.9. The minimum Gasteiger partial charge on any atom is -0.361 e. The molecule has 0 aliphatic rings. The molecule has 1 heterocycles. The van der Waals surface area contributed by atoms with Crippen LogP contribution in [0.4, 0.5) is 0 Å². The number of benzene rings is 1. The van der Waals surface area contributed by atoms with E-state index in [1.54, 1.807) is 0 Å². The van der Waals surface area contributed by atoms with Gasteiger partial charge in [-0.1, -0.05) is 12.1 Å². The maximum Gasteiger partial charge on any atom is 0.224 e. The van der Waals surface area contributed by atoms with Crippen LogP contribution in [-0.2, 0) is 11.2 Å². The first-order chi connectivity index (χ1) is 8.56. The molecule has 4 heteroatoms. The van der Waals surface area contributed by atoms with Crippen LogP contribution in [-0.4, -0.2) is 23.5 Å². The lowest BCUT2D eigenvalue weighted by Gasteiger charge is -2.07. The van der Waals surface area contributed by atoms with Gasteiger partial charge in [-0.2, -0.15) is 0 Å². The largest absolute Gasteiger partial charge is 0.361 e. The molecule has 2 rings (SSSR count). The van der Waals surface area contributed by atoms with E-state index in [-0.39, 0.29) is 11.9 Å². The molecule has 18 heavy (non-hydrogen) atoms. The van der Waals surface area contributed by atoms with Crippen molar-refractivity contribution in [1.82, 2.24) is 10.3 Å². The molecule has 0 spiro atoms. The van der Waals surface area contributed by atoms with Gasteiger partial charge < -0.3 is 16.0 Å². The van der Waals surface area contributed by atoms with Crippen LogP contribution in [0.1, 0.15) is 18.1 Å². The van der Waals surface area contributed by atoms with Crippen molar-refractivity contribution in [2.24, 2.45) is 5.73 Å². The van der Waals surface area contributed by atoms with Gasteiger partial charge in [-0.3, -0.25) is 4.79 Å². The molecule has 4 N–H and O–H groups in total. The van der Waals surface area contributed by atoms with Gasteiger partial charge in [-0.05, 0) is 31.0 Å². The summed E-state index contributed by atoms with van der Waals surface area (Å²) in [6.07, 6.45) is 2.28. The topological polar surface area (TPSA) is 70.9 Å². The molecule has 1 aromatic carbocycles. The summed E-state index contributed by atoms with van der Waals surface area (Å²) in [6, 6.07) is 6.17. The molecule has 96 valence electrons. The molecular weight excluding hydrogens is 226 g/mol. The molecule has 0 aliphatic carbocycles. The number of amides is 1. The van der Waals surface area contributed by atoms with Crippen molar-refractivity contribution in [1.29, 1.82) is 0 Å². The zero-order chi connectivity index (χ0) is 13.1. The average Bonchev–Trinajstić information content (AvgIpc) is 2.69. The summed E-state index contributed by atoms with van der Waals surface area (Å²) in [5.74, 6) is 0.00813. The number of nitrogens with one attached hydrogen (secondary N) is 2. The van der Waals surface area contributed by atoms with E-state index in [2.05, 4.69) is 35.4 Å². The van der Waals surface area contributed by atoms with E-state index in [4.69, 9.17) is 5.73 Å². The van der Waals surface area contributed by atoms with Crippen molar-refractivity contribution in [2.75, 3.05) is 6.54 Å². The van der Waals surface area contributed by atoms with Gasteiger partial charge >= 0.3 is 0 Å². The number of carbonyl (C=O) groups is 1. The van der Waals surface area contributed by atoms with Crippen LogP contribution in [0.15, 0.2) is 24.4 Å². The Morgan fingerprint density at radius 1 is 1.50 bits per heavy atom. The second-order valence-corrected chi connectivity index (χ2v) is 4.82. The number of fused-ring (bicyclic) bond motifs is 1. The Balaban J connectivity index is 2.10. The number of hydrogen-bond acceptors (Lipinski definition) is 2. The first-order valence-corrected chi connectivity index (χ1v) is 6.15. The number of H-pyrrole nitrogens is 1. The molecule has 1 aromatic heterocycles. The lowest BCUT2D eigenvalue weighted by Crippen LogP contribution is -2.35. The monoisotopic (exact) mass is 245 g/mol. The fraction of sp³-hybridized carbons (Fsp3) is 0.357. The molecule has 1 atom stereocenters. The van der Waals surface area contributed by atoms with Crippen molar-refractivity contribution in [3.8, 4) is 0 Å². The number of nitrogens with two attached hydrogens (primary N) is 1. The molecule has 0 aliphatic heterocycles. The molecule has 4 nitrogen and oxygen atoms in total. The molecule has 1 amide bonds. The maximum atomic E-state index is 11.7. The molecule has 0 fully saturated rings. The lowest BCUT2D eigenvalue weighted by molar-refractivity contribution is -0.120. The Hall–Kier alpha value is -1.81. The second kappa shape index (κ2) is 5.23. The van der Waals surface area contributed by atoms with E-state index < -0.39 is 0 Å². The van der Waals surface area contributed by atoms with Crippen LogP contribution in [0.2, 0.25) is 0 Å². The SMILES string of the molecule is Cc1ccc2c(CC(=O)NCC(C)N)c[nH]c2c1. The van der Waals surface area contributed by atoms with Crippen LogP contribution < -0.4 is 11.1 Å². The van der Waals surface area contributed by atoms with Crippen molar-refractivity contribution in [3.63, 3.8) is 0 Å². The van der Waals surface area contributed by atoms with Crippen molar-refractivity contribution in [2.45, 2.75) is 26.3 Å². The Morgan fingerprint density at radius 3 is 3.00 bits per heavy atom. The smallest absolute Gasteiger partial charge is 0.224 e. The van der Waals surface area contributed by atoms with E-state index in [0.717, 1.165) is 16.5 Å². The van der Waals surface area contributed by atoms with Gasteiger partial charge in [-0.25, -0.2) is 0 Å². The van der Waals surface area contributed by atoms with Crippen LogP contribution in [0, 0.1) is 6.92 Å². The number of aryl methyl sites for hydroxylation is 1. The van der Waals surface area contributed by atoms with Gasteiger partial charge in [0.2, 0.25) is 5.91 Å². The highest BCUT2D eigenvalue weighted by atomic mass is 16.1. The van der Waals surface area contributed by atoms with Crippen molar-refractivity contribution < 1.29 is 4.79 Å². The van der Waals surface area contributed by atoms with E-state index in [1.807, 2.05) is 13.1 Å². The number of hydrogen-bond donors (Lipinski definition) is 3.